The molecule has 0 aliphatic carbocycles. The fraction of sp³-hybridized carbons (Fsp3) is 0.231. The molecule has 3 aromatic rings. The molecule has 0 amide bonds. The summed E-state index contributed by atoms with van der Waals surface area (Å²) in [5.74, 6) is 0.581. The number of fused-ring (bicyclic) bond motifs is 3. The third-order valence-corrected chi connectivity index (χ3v) is 2.94. The second kappa shape index (κ2) is 3.45. The van der Waals surface area contributed by atoms with Gasteiger partial charge in [-0.15, -0.1) is 0 Å². The first-order valence-electron chi connectivity index (χ1n) is 5.61. The van der Waals surface area contributed by atoms with Crippen LogP contribution in [0.4, 0.5) is 0 Å². The van der Waals surface area contributed by atoms with Crippen molar-refractivity contribution in [1.82, 2.24) is 9.55 Å². The van der Waals surface area contributed by atoms with Gasteiger partial charge in [-0.1, -0.05) is 18.2 Å². The van der Waals surface area contributed by atoms with Gasteiger partial charge < -0.3 is 4.42 Å². The Kier molecular flexibility index (Phi) is 2.04. The van der Waals surface area contributed by atoms with Gasteiger partial charge in [0.2, 0.25) is 5.71 Å². The third-order valence-electron chi connectivity index (χ3n) is 2.94. The number of nitrogens with zero attached hydrogens (tertiary/aromatic N) is 2. The van der Waals surface area contributed by atoms with Gasteiger partial charge in [-0.2, -0.15) is 0 Å². The lowest BCUT2D eigenvalue weighted by molar-refractivity contribution is 0.524. The van der Waals surface area contributed by atoms with E-state index >= 15 is 0 Å². The molecule has 4 nitrogen and oxygen atoms in total. The summed E-state index contributed by atoms with van der Waals surface area (Å²) in [5, 5.41) is 1.55. The lowest BCUT2D eigenvalue weighted by atomic mass is 10.1. The quantitative estimate of drug-likeness (QED) is 0.642. The molecule has 0 saturated heterocycles. The van der Waals surface area contributed by atoms with Crippen LogP contribution in [0, 0.1) is 6.92 Å². The van der Waals surface area contributed by atoms with Gasteiger partial charge in [-0.3, -0.25) is 9.36 Å². The molecule has 0 atom stereocenters. The Bertz CT molecular complexity index is 768. The van der Waals surface area contributed by atoms with Gasteiger partial charge in [-0.25, -0.2) is 4.98 Å². The van der Waals surface area contributed by atoms with Crippen LogP contribution >= 0.6 is 0 Å². The Morgan fingerprint density at radius 1 is 1.29 bits per heavy atom. The molecule has 0 bridgehead atoms. The van der Waals surface area contributed by atoms with Crippen molar-refractivity contribution in [3.05, 3.63) is 40.5 Å². The lowest BCUT2D eigenvalue weighted by Gasteiger charge is -2.04. The number of oxazole rings is 1. The molecule has 4 heteroatoms. The van der Waals surface area contributed by atoms with Crippen LogP contribution in [0.2, 0.25) is 0 Å². The van der Waals surface area contributed by atoms with Gasteiger partial charge in [0.1, 0.15) is 5.52 Å². The summed E-state index contributed by atoms with van der Waals surface area (Å²) in [6.07, 6.45) is 0. The Labute approximate surface area is 97.5 Å². The van der Waals surface area contributed by atoms with Crippen molar-refractivity contribution >= 4 is 22.0 Å². The maximum Gasteiger partial charge on any atom is 0.261 e. The van der Waals surface area contributed by atoms with Crippen LogP contribution in [0.5, 0.6) is 0 Å². The molecule has 0 N–H and O–H groups in total. The molecule has 0 radical (unpaired) electrons. The van der Waals surface area contributed by atoms with E-state index < -0.39 is 0 Å². The number of pyridine rings is 1. The topological polar surface area (TPSA) is 48.0 Å². The van der Waals surface area contributed by atoms with E-state index in [0.717, 1.165) is 10.9 Å². The van der Waals surface area contributed by atoms with Crippen molar-refractivity contribution in [3.8, 4) is 0 Å². The molecular formula is C13H12N2O2. The maximum absolute atomic E-state index is 12.3. The summed E-state index contributed by atoms with van der Waals surface area (Å²) >= 11 is 0. The highest BCUT2D eigenvalue weighted by atomic mass is 16.4. The predicted octanol–water partition coefficient (Wildman–Crippen LogP) is 2.47. The third kappa shape index (κ3) is 1.30. The molecule has 0 saturated carbocycles. The molecule has 0 fully saturated rings. The first-order valence-corrected chi connectivity index (χ1v) is 5.61. The standard InChI is InChI=1S/C13H12N2O2/c1-3-15-12(16)10-7-5-4-6-9(10)11-13(15)17-8(2)14-11/h4-7H,3H2,1-2H3. The SMILES string of the molecule is CCn1c(=O)c2ccccc2c2nc(C)oc21. The van der Waals surface area contributed by atoms with E-state index in [1.165, 1.54) is 0 Å². The normalized spacial score (nSPS) is 11.4. The average Bonchev–Trinajstić information content (AvgIpc) is 2.72. The largest absolute Gasteiger partial charge is 0.424 e. The first kappa shape index (κ1) is 10.1. The zero-order chi connectivity index (χ0) is 12.0. The first-order chi connectivity index (χ1) is 8.22. The summed E-state index contributed by atoms with van der Waals surface area (Å²) in [6.45, 7) is 4.29. The molecule has 0 aliphatic rings. The van der Waals surface area contributed by atoms with E-state index in [-0.39, 0.29) is 5.56 Å². The number of aryl methyl sites for hydroxylation is 2. The van der Waals surface area contributed by atoms with E-state index in [2.05, 4.69) is 4.98 Å². The maximum atomic E-state index is 12.3. The van der Waals surface area contributed by atoms with Crippen molar-refractivity contribution in [2.24, 2.45) is 0 Å². The van der Waals surface area contributed by atoms with Crippen LogP contribution in [0.3, 0.4) is 0 Å². The highest BCUT2D eigenvalue weighted by molar-refractivity contribution is 6.01. The van der Waals surface area contributed by atoms with Crippen molar-refractivity contribution in [3.63, 3.8) is 0 Å². The molecular weight excluding hydrogens is 216 g/mol. The Morgan fingerprint density at radius 2 is 2.00 bits per heavy atom. The van der Waals surface area contributed by atoms with Gasteiger partial charge in [0.25, 0.3) is 5.56 Å². The highest BCUT2D eigenvalue weighted by Crippen LogP contribution is 2.22. The molecule has 2 heterocycles. The number of aromatic nitrogens is 2. The van der Waals surface area contributed by atoms with Crippen molar-refractivity contribution in [2.45, 2.75) is 20.4 Å². The number of rotatable bonds is 1. The Balaban J connectivity index is 2.68. The summed E-state index contributed by atoms with van der Waals surface area (Å²) in [6, 6.07) is 7.50. The van der Waals surface area contributed by atoms with Gasteiger partial charge >= 0.3 is 0 Å². The Morgan fingerprint density at radius 3 is 2.71 bits per heavy atom. The average molecular weight is 228 g/mol. The summed E-state index contributed by atoms with van der Waals surface area (Å²) < 4.78 is 7.15. The minimum Gasteiger partial charge on any atom is -0.424 e. The second-order valence-corrected chi connectivity index (χ2v) is 3.98. The van der Waals surface area contributed by atoms with E-state index in [4.69, 9.17) is 4.42 Å². The van der Waals surface area contributed by atoms with Crippen LogP contribution in [0.1, 0.15) is 12.8 Å². The van der Waals surface area contributed by atoms with Crippen LogP contribution in [-0.4, -0.2) is 9.55 Å². The molecule has 2 aromatic heterocycles. The zero-order valence-corrected chi connectivity index (χ0v) is 9.73. The van der Waals surface area contributed by atoms with Crippen LogP contribution < -0.4 is 5.56 Å². The summed E-state index contributed by atoms with van der Waals surface area (Å²) in [5.41, 5.74) is 1.31. The fourth-order valence-electron chi connectivity index (χ4n) is 2.18. The highest BCUT2D eigenvalue weighted by Gasteiger charge is 2.14. The minimum atomic E-state index is -0.0215. The molecule has 3 rings (SSSR count). The smallest absolute Gasteiger partial charge is 0.261 e. The predicted molar refractivity (Wildman–Crippen MR) is 66.2 cm³/mol. The number of hydrogen-bond donors (Lipinski definition) is 0. The second-order valence-electron chi connectivity index (χ2n) is 3.98. The number of hydrogen-bond acceptors (Lipinski definition) is 3. The van der Waals surface area contributed by atoms with Crippen molar-refractivity contribution < 1.29 is 4.42 Å². The molecule has 0 aliphatic heterocycles. The van der Waals surface area contributed by atoms with Gasteiger partial charge in [-0.05, 0) is 13.0 Å². The van der Waals surface area contributed by atoms with E-state index in [1.807, 2.05) is 31.2 Å². The van der Waals surface area contributed by atoms with E-state index in [0.29, 0.717) is 23.5 Å². The van der Waals surface area contributed by atoms with E-state index in [1.54, 1.807) is 11.5 Å². The Hall–Kier alpha value is -2.10. The minimum absolute atomic E-state index is 0.0215. The zero-order valence-electron chi connectivity index (χ0n) is 9.73. The number of benzene rings is 1. The van der Waals surface area contributed by atoms with E-state index in [9.17, 15) is 4.79 Å². The van der Waals surface area contributed by atoms with Crippen LogP contribution in [0.25, 0.3) is 22.0 Å². The molecule has 17 heavy (non-hydrogen) atoms. The summed E-state index contributed by atoms with van der Waals surface area (Å²) in [4.78, 5) is 16.6. The molecule has 1 aromatic carbocycles. The van der Waals surface area contributed by atoms with Crippen LogP contribution in [0.15, 0.2) is 33.5 Å². The van der Waals surface area contributed by atoms with Crippen LogP contribution in [-0.2, 0) is 6.54 Å². The molecule has 86 valence electrons. The summed E-state index contributed by atoms with van der Waals surface area (Å²) in [7, 11) is 0. The molecule has 0 unspecified atom stereocenters. The van der Waals surface area contributed by atoms with Gasteiger partial charge in [0.15, 0.2) is 5.89 Å². The lowest BCUT2D eigenvalue weighted by Crippen LogP contribution is -2.19. The molecule has 0 spiro atoms. The van der Waals surface area contributed by atoms with Crippen molar-refractivity contribution in [1.29, 1.82) is 0 Å². The monoisotopic (exact) mass is 228 g/mol. The van der Waals surface area contributed by atoms with Crippen molar-refractivity contribution in [2.75, 3.05) is 0 Å². The van der Waals surface area contributed by atoms with Gasteiger partial charge in [0.05, 0.1) is 0 Å². The fourth-order valence-corrected chi connectivity index (χ4v) is 2.18. The van der Waals surface area contributed by atoms with Gasteiger partial charge in [0, 0.05) is 24.2 Å².